The van der Waals surface area contributed by atoms with Crippen molar-refractivity contribution in [3.63, 3.8) is 0 Å². The quantitative estimate of drug-likeness (QED) is 0.607. The van der Waals surface area contributed by atoms with Crippen molar-refractivity contribution in [2.24, 2.45) is 0 Å². The second kappa shape index (κ2) is 8.37. The highest BCUT2D eigenvalue weighted by Gasteiger charge is 2.15. The van der Waals surface area contributed by atoms with Crippen molar-refractivity contribution in [1.29, 1.82) is 0 Å². The van der Waals surface area contributed by atoms with Gasteiger partial charge < -0.3 is 5.32 Å². The average molecular weight is 432 g/mol. The normalized spacial score (nSPS) is 11.1. The number of rotatable bonds is 6. The number of sulfonamides is 1. The van der Waals surface area contributed by atoms with Crippen molar-refractivity contribution < 1.29 is 18.0 Å². The van der Waals surface area contributed by atoms with E-state index in [1.54, 1.807) is 0 Å². The predicted molar refractivity (Wildman–Crippen MR) is 108 cm³/mol. The summed E-state index contributed by atoms with van der Waals surface area (Å²) in [7, 11) is -3.95. The summed E-state index contributed by atoms with van der Waals surface area (Å²) in [5.74, 6) is -1.18. The number of amides is 2. The first-order chi connectivity index (χ1) is 13.7. The maximum absolute atomic E-state index is 12.2. The van der Waals surface area contributed by atoms with Gasteiger partial charge in [-0.2, -0.15) is 0 Å². The van der Waals surface area contributed by atoms with Crippen molar-refractivity contribution in [1.82, 2.24) is 14.3 Å². The molecule has 0 atom stereocenters. The highest BCUT2D eigenvalue weighted by molar-refractivity contribution is 7.90. The summed E-state index contributed by atoms with van der Waals surface area (Å²) >= 11 is 1.46. The molecule has 0 radical (unpaired) electrons. The Hall–Kier alpha value is -3.31. The highest BCUT2D eigenvalue weighted by atomic mass is 32.2. The van der Waals surface area contributed by atoms with Crippen molar-refractivity contribution in [2.45, 2.75) is 18.4 Å². The molecule has 9 nitrogen and oxygen atoms in total. The van der Waals surface area contributed by atoms with Crippen molar-refractivity contribution >= 4 is 38.9 Å². The van der Waals surface area contributed by atoms with E-state index in [9.17, 15) is 22.8 Å². The van der Waals surface area contributed by atoms with E-state index in [0.29, 0.717) is 11.4 Å². The molecule has 0 saturated carbocycles. The first-order valence-electron chi connectivity index (χ1n) is 8.28. The minimum Gasteiger partial charge on any atom is -0.325 e. The van der Waals surface area contributed by atoms with Crippen LogP contribution in [0.5, 0.6) is 0 Å². The molecule has 2 aromatic heterocycles. The molecule has 11 heteroatoms. The zero-order chi connectivity index (χ0) is 21.0. The maximum Gasteiger partial charge on any atom is 0.264 e. The van der Waals surface area contributed by atoms with Crippen LogP contribution < -0.4 is 15.6 Å². The molecule has 29 heavy (non-hydrogen) atoms. The van der Waals surface area contributed by atoms with E-state index in [4.69, 9.17) is 0 Å². The van der Waals surface area contributed by atoms with Gasteiger partial charge in [0, 0.05) is 18.7 Å². The molecule has 0 fully saturated rings. The Morgan fingerprint density at radius 2 is 1.90 bits per heavy atom. The van der Waals surface area contributed by atoms with Crippen molar-refractivity contribution in [3.05, 3.63) is 64.5 Å². The van der Waals surface area contributed by atoms with Crippen LogP contribution in [0.15, 0.2) is 63.9 Å². The van der Waals surface area contributed by atoms with Gasteiger partial charge in [0.2, 0.25) is 11.8 Å². The molecule has 0 saturated heterocycles. The molecule has 2 N–H and O–H groups in total. The Kier molecular flexibility index (Phi) is 5.89. The third-order valence-electron chi connectivity index (χ3n) is 3.69. The molecule has 3 rings (SSSR count). The zero-order valence-electron chi connectivity index (χ0n) is 15.2. The number of anilines is 1. The number of carbonyl (C=O) groups excluding carboxylic acids is 2. The predicted octanol–water partition coefficient (Wildman–Crippen LogP) is 1.44. The summed E-state index contributed by atoms with van der Waals surface area (Å²) in [5.41, 5.74) is 0.515. The lowest BCUT2D eigenvalue weighted by Crippen LogP contribution is -2.28. The lowest BCUT2D eigenvalue weighted by molar-refractivity contribution is -0.117. The van der Waals surface area contributed by atoms with E-state index in [1.807, 2.05) is 22.2 Å². The summed E-state index contributed by atoms with van der Waals surface area (Å²) in [6.45, 7) is 0.846. The fraction of sp³-hybridized carbons (Fsp3) is 0.111. The van der Waals surface area contributed by atoms with Crippen LogP contribution in [-0.2, 0) is 26.2 Å². The highest BCUT2D eigenvalue weighted by Crippen LogP contribution is 2.20. The molecule has 150 valence electrons. The van der Waals surface area contributed by atoms with Gasteiger partial charge >= 0.3 is 0 Å². The number of thiophene rings is 1. The first kappa shape index (κ1) is 20.4. The van der Waals surface area contributed by atoms with E-state index in [2.05, 4.69) is 10.3 Å². The van der Waals surface area contributed by atoms with E-state index < -0.39 is 21.8 Å². The van der Waals surface area contributed by atoms with Gasteiger partial charge in [-0.25, -0.2) is 18.1 Å². The van der Waals surface area contributed by atoms with Crippen molar-refractivity contribution in [2.75, 3.05) is 5.32 Å². The molecule has 0 unspecified atom stereocenters. The van der Waals surface area contributed by atoms with Crippen LogP contribution in [-0.4, -0.2) is 29.8 Å². The number of nitrogens with one attached hydrogen (secondary N) is 2. The Balaban J connectivity index is 1.67. The molecular weight excluding hydrogens is 416 g/mol. The van der Waals surface area contributed by atoms with Crippen LogP contribution in [0.2, 0.25) is 0 Å². The summed E-state index contributed by atoms with van der Waals surface area (Å²) in [6.07, 6.45) is 1.31. The van der Waals surface area contributed by atoms with Gasteiger partial charge in [-0.1, -0.05) is 6.07 Å². The van der Waals surface area contributed by atoms with E-state index >= 15 is 0 Å². The van der Waals surface area contributed by atoms with Gasteiger partial charge in [-0.15, -0.1) is 11.3 Å². The SMILES string of the molecule is CC(=O)NS(=O)(=O)c1ccc(NC(=O)Cn2cnc(-c3cccs3)cc2=O)cc1. The Morgan fingerprint density at radius 1 is 1.17 bits per heavy atom. The Bertz CT molecular complexity index is 1200. The molecule has 1 aromatic carbocycles. The average Bonchev–Trinajstić information content (AvgIpc) is 3.17. The molecule has 0 spiro atoms. The second-order valence-corrected chi connectivity index (χ2v) is 8.58. The lowest BCUT2D eigenvalue weighted by atomic mass is 10.3. The Morgan fingerprint density at radius 3 is 2.48 bits per heavy atom. The molecule has 0 aliphatic rings. The number of hydrogen-bond donors (Lipinski definition) is 2. The fourth-order valence-corrected chi connectivity index (χ4v) is 4.11. The van der Waals surface area contributed by atoms with Crippen LogP contribution in [0.4, 0.5) is 5.69 Å². The van der Waals surface area contributed by atoms with Gasteiger partial charge in [0.25, 0.3) is 15.6 Å². The maximum atomic E-state index is 12.2. The second-order valence-electron chi connectivity index (χ2n) is 5.95. The van der Waals surface area contributed by atoms with Crippen LogP contribution in [0.1, 0.15) is 6.92 Å². The summed E-state index contributed by atoms with van der Waals surface area (Å²) in [5, 5.41) is 4.45. The molecule has 0 aliphatic heterocycles. The number of carbonyl (C=O) groups is 2. The largest absolute Gasteiger partial charge is 0.325 e. The minimum atomic E-state index is -3.95. The number of nitrogens with zero attached hydrogens (tertiary/aromatic N) is 2. The minimum absolute atomic E-state index is 0.115. The van der Waals surface area contributed by atoms with Crippen LogP contribution in [0.3, 0.4) is 0 Å². The van der Waals surface area contributed by atoms with Gasteiger partial charge in [0.1, 0.15) is 6.54 Å². The Labute approximate surface area is 170 Å². The summed E-state index contributed by atoms with van der Waals surface area (Å²) < 4.78 is 26.8. The van der Waals surface area contributed by atoms with Crippen LogP contribution >= 0.6 is 11.3 Å². The van der Waals surface area contributed by atoms with Gasteiger partial charge in [-0.3, -0.25) is 19.0 Å². The molecule has 0 aliphatic carbocycles. The summed E-state index contributed by atoms with van der Waals surface area (Å²) in [4.78, 5) is 40.3. The van der Waals surface area contributed by atoms with Gasteiger partial charge in [-0.05, 0) is 35.7 Å². The lowest BCUT2D eigenvalue weighted by Gasteiger charge is -2.09. The molecule has 2 heterocycles. The molecule has 0 bridgehead atoms. The van der Waals surface area contributed by atoms with Gasteiger partial charge in [0.05, 0.1) is 21.8 Å². The van der Waals surface area contributed by atoms with E-state index in [-0.39, 0.29) is 17.0 Å². The van der Waals surface area contributed by atoms with Crippen LogP contribution in [0, 0.1) is 0 Å². The van der Waals surface area contributed by atoms with E-state index in [1.165, 1.54) is 52.6 Å². The number of benzene rings is 1. The number of aromatic nitrogens is 2. The molecule has 2 amide bonds. The molecular formula is C18H16N4O5S2. The third kappa shape index (κ3) is 5.15. The smallest absolute Gasteiger partial charge is 0.264 e. The van der Waals surface area contributed by atoms with E-state index in [0.717, 1.165) is 11.8 Å². The standard InChI is InChI=1S/C18H16N4O5S2/c1-12(23)21-29(26,27)14-6-4-13(5-7-14)20-17(24)10-22-11-19-15(9-18(22)25)16-3-2-8-28-16/h2-9,11H,10H2,1H3,(H,20,24)(H,21,23). The monoisotopic (exact) mass is 432 g/mol. The topological polar surface area (TPSA) is 127 Å². The third-order valence-corrected chi connectivity index (χ3v) is 6.03. The zero-order valence-corrected chi connectivity index (χ0v) is 16.8. The van der Waals surface area contributed by atoms with Gasteiger partial charge in [0.15, 0.2) is 0 Å². The van der Waals surface area contributed by atoms with Crippen LogP contribution in [0.25, 0.3) is 10.6 Å². The van der Waals surface area contributed by atoms with Crippen molar-refractivity contribution in [3.8, 4) is 10.6 Å². The summed E-state index contributed by atoms with van der Waals surface area (Å²) in [6, 6.07) is 10.3. The fourth-order valence-electron chi connectivity index (χ4n) is 2.42. The number of hydrogen-bond acceptors (Lipinski definition) is 7. The molecule has 3 aromatic rings. The first-order valence-corrected chi connectivity index (χ1v) is 10.6.